The summed E-state index contributed by atoms with van der Waals surface area (Å²) in [5, 5.41) is 0. The Hall–Kier alpha value is -0.900. The van der Waals surface area contributed by atoms with Crippen LogP contribution in [0.1, 0.15) is 25.3 Å². The van der Waals surface area contributed by atoms with E-state index < -0.39 is 0 Å². The third-order valence-corrected chi connectivity index (χ3v) is 3.61. The fourth-order valence-corrected chi connectivity index (χ4v) is 2.71. The lowest BCUT2D eigenvalue weighted by atomic mass is 9.93. The van der Waals surface area contributed by atoms with Gasteiger partial charge in [-0.15, -0.1) is 0 Å². The molecule has 0 radical (unpaired) electrons. The molecule has 2 aromatic rings. The monoisotopic (exact) mass is 268 g/mol. The first kappa shape index (κ1) is 9.33. The van der Waals surface area contributed by atoms with Crippen molar-refractivity contribution in [2.45, 2.75) is 25.3 Å². The summed E-state index contributed by atoms with van der Waals surface area (Å²) in [6, 6.07) is 5.32. The van der Waals surface area contributed by atoms with Gasteiger partial charge in [0.25, 0.3) is 0 Å². The van der Waals surface area contributed by atoms with Gasteiger partial charge in [-0.25, -0.2) is 9.37 Å². The van der Waals surface area contributed by atoms with E-state index in [0.29, 0.717) is 6.04 Å². The molecule has 15 heavy (non-hydrogen) atoms. The number of aromatic nitrogens is 2. The second-order valence-electron chi connectivity index (χ2n) is 3.97. The van der Waals surface area contributed by atoms with Gasteiger partial charge >= 0.3 is 0 Å². The smallest absolute Gasteiger partial charge is 0.178 e. The molecule has 1 saturated carbocycles. The molecule has 0 aliphatic heterocycles. The van der Waals surface area contributed by atoms with Crippen molar-refractivity contribution in [2.75, 3.05) is 0 Å². The number of nitrogens with zero attached hydrogens (tertiary/aromatic N) is 2. The van der Waals surface area contributed by atoms with E-state index >= 15 is 0 Å². The van der Waals surface area contributed by atoms with Gasteiger partial charge in [0, 0.05) is 12.1 Å². The fourth-order valence-electron chi connectivity index (χ4n) is 2.03. The molecule has 1 aliphatic rings. The van der Waals surface area contributed by atoms with E-state index in [4.69, 9.17) is 0 Å². The lowest BCUT2D eigenvalue weighted by molar-refractivity contribution is 0.316. The molecule has 78 valence electrons. The van der Waals surface area contributed by atoms with Crippen LogP contribution in [-0.2, 0) is 0 Å². The van der Waals surface area contributed by atoms with E-state index in [9.17, 15) is 4.39 Å². The minimum atomic E-state index is -0.228. The van der Waals surface area contributed by atoms with Crippen LogP contribution in [0, 0.1) is 5.82 Å². The number of rotatable bonds is 1. The van der Waals surface area contributed by atoms with Gasteiger partial charge in [-0.3, -0.25) is 0 Å². The van der Waals surface area contributed by atoms with Crippen LogP contribution in [-0.4, -0.2) is 9.55 Å². The van der Waals surface area contributed by atoms with Crippen LogP contribution in [0.3, 0.4) is 0 Å². The summed E-state index contributed by atoms with van der Waals surface area (Å²) in [6.45, 7) is 0. The van der Waals surface area contributed by atoms with Crippen molar-refractivity contribution in [3.05, 3.63) is 28.7 Å². The van der Waals surface area contributed by atoms with E-state index in [0.717, 1.165) is 15.8 Å². The molecule has 1 heterocycles. The summed E-state index contributed by atoms with van der Waals surface area (Å²) in [5.41, 5.74) is 1.75. The van der Waals surface area contributed by atoms with E-state index in [1.807, 2.05) is 0 Å². The van der Waals surface area contributed by atoms with Crippen LogP contribution >= 0.6 is 15.9 Å². The molecule has 0 saturated heterocycles. The Morgan fingerprint density at radius 3 is 2.87 bits per heavy atom. The largest absolute Gasteiger partial charge is 0.315 e. The highest BCUT2D eigenvalue weighted by Gasteiger charge is 2.23. The highest BCUT2D eigenvalue weighted by Crippen LogP contribution is 2.36. The summed E-state index contributed by atoms with van der Waals surface area (Å²) < 4.78 is 16.0. The van der Waals surface area contributed by atoms with E-state index in [1.54, 1.807) is 6.07 Å². The van der Waals surface area contributed by atoms with Gasteiger partial charge in [0.1, 0.15) is 5.82 Å². The predicted molar refractivity (Wildman–Crippen MR) is 60.3 cm³/mol. The lowest BCUT2D eigenvalue weighted by Crippen LogP contribution is -2.16. The zero-order valence-electron chi connectivity index (χ0n) is 8.08. The van der Waals surface area contributed by atoms with E-state index in [-0.39, 0.29) is 5.82 Å². The highest BCUT2D eigenvalue weighted by molar-refractivity contribution is 9.10. The summed E-state index contributed by atoms with van der Waals surface area (Å²) >= 11 is 3.44. The Morgan fingerprint density at radius 2 is 2.20 bits per heavy atom. The minimum Gasteiger partial charge on any atom is -0.315 e. The van der Waals surface area contributed by atoms with Crippen LogP contribution in [0.4, 0.5) is 4.39 Å². The van der Waals surface area contributed by atoms with Gasteiger partial charge in [0.2, 0.25) is 0 Å². The maximum atomic E-state index is 13.0. The second kappa shape index (κ2) is 3.30. The fraction of sp³-hybridized carbons (Fsp3) is 0.364. The first-order valence-electron chi connectivity index (χ1n) is 5.09. The Morgan fingerprint density at radius 1 is 1.40 bits per heavy atom. The lowest BCUT2D eigenvalue weighted by Gasteiger charge is -2.28. The molecular formula is C11H10BrFN2. The van der Waals surface area contributed by atoms with Crippen molar-refractivity contribution >= 4 is 27.0 Å². The van der Waals surface area contributed by atoms with Crippen LogP contribution in [0.5, 0.6) is 0 Å². The first-order chi connectivity index (χ1) is 7.25. The van der Waals surface area contributed by atoms with Crippen LogP contribution in [0.25, 0.3) is 11.0 Å². The maximum absolute atomic E-state index is 13.0. The highest BCUT2D eigenvalue weighted by atomic mass is 79.9. The van der Waals surface area contributed by atoms with Gasteiger partial charge in [-0.05, 0) is 47.3 Å². The number of hydrogen-bond donors (Lipinski definition) is 0. The summed E-state index contributed by atoms with van der Waals surface area (Å²) in [4.78, 5) is 4.32. The first-order valence-corrected chi connectivity index (χ1v) is 5.88. The Balaban J connectivity index is 2.23. The molecule has 0 bridgehead atoms. The average Bonchev–Trinajstić information content (AvgIpc) is 2.40. The van der Waals surface area contributed by atoms with Crippen molar-refractivity contribution in [2.24, 2.45) is 0 Å². The number of imidazole rings is 1. The van der Waals surface area contributed by atoms with E-state index in [2.05, 4.69) is 25.5 Å². The molecule has 1 aromatic heterocycles. The second-order valence-corrected chi connectivity index (χ2v) is 4.68. The van der Waals surface area contributed by atoms with Gasteiger partial charge < -0.3 is 4.57 Å². The molecule has 4 heteroatoms. The van der Waals surface area contributed by atoms with Crippen LogP contribution in [0.15, 0.2) is 22.9 Å². The number of halogens is 2. The summed E-state index contributed by atoms with van der Waals surface area (Å²) in [5.74, 6) is -0.228. The molecule has 2 nitrogen and oxygen atoms in total. The summed E-state index contributed by atoms with van der Waals surface area (Å²) in [6.07, 6.45) is 3.67. The molecule has 0 unspecified atom stereocenters. The molecule has 0 N–H and O–H groups in total. The van der Waals surface area contributed by atoms with Crippen LogP contribution in [0.2, 0.25) is 0 Å². The topological polar surface area (TPSA) is 17.8 Å². The maximum Gasteiger partial charge on any atom is 0.178 e. The third kappa shape index (κ3) is 1.39. The minimum absolute atomic E-state index is 0.228. The SMILES string of the molecule is Fc1ccc2c(c1)nc(Br)n2C1CCC1. The quantitative estimate of drug-likeness (QED) is 0.772. The van der Waals surface area contributed by atoms with Gasteiger partial charge in [0.15, 0.2) is 4.73 Å². The number of fused-ring (bicyclic) bond motifs is 1. The van der Waals surface area contributed by atoms with Gasteiger partial charge in [0.05, 0.1) is 11.0 Å². The molecular weight excluding hydrogens is 259 g/mol. The van der Waals surface area contributed by atoms with Gasteiger partial charge in [-0.1, -0.05) is 0 Å². The van der Waals surface area contributed by atoms with Crippen molar-refractivity contribution in [1.82, 2.24) is 9.55 Å². The van der Waals surface area contributed by atoms with E-state index in [1.165, 1.54) is 31.4 Å². The zero-order valence-corrected chi connectivity index (χ0v) is 9.67. The third-order valence-electron chi connectivity index (χ3n) is 3.05. The summed E-state index contributed by atoms with van der Waals surface area (Å²) in [7, 11) is 0. The molecule has 0 spiro atoms. The molecule has 3 rings (SSSR count). The normalized spacial score (nSPS) is 16.9. The average molecular weight is 269 g/mol. The van der Waals surface area contributed by atoms with Crippen molar-refractivity contribution in [3.8, 4) is 0 Å². The van der Waals surface area contributed by atoms with Gasteiger partial charge in [-0.2, -0.15) is 0 Å². The number of benzene rings is 1. The molecule has 0 atom stereocenters. The van der Waals surface area contributed by atoms with Crippen molar-refractivity contribution < 1.29 is 4.39 Å². The Labute approximate surface area is 95.2 Å². The van der Waals surface area contributed by atoms with Crippen molar-refractivity contribution in [3.63, 3.8) is 0 Å². The predicted octanol–water partition coefficient (Wildman–Crippen LogP) is 3.66. The Bertz CT molecular complexity index is 517. The molecule has 1 fully saturated rings. The molecule has 1 aliphatic carbocycles. The Kier molecular flexibility index (Phi) is 2.06. The number of hydrogen-bond acceptors (Lipinski definition) is 1. The molecule has 1 aromatic carbocycles. The zero-order chi connectivity index (χ0) is 10.4. The van der Waals surface area contributed by atoms with Crippen LogP contribution < -0.4 is 0 Å². The standard InChI is InChI=1S/C11H10BrFN2/c12-11-14-9-6-7(13)4-5-10(9)15(11)8-2-1-3-8/h4-6,8H,1-3H2. The molecule has 0 amide bonds. The van der Waals surface area contributed by atoms with Crippen molar-refractivity contribution in [1.29, 1.82) is 0 Å².